The lowest BCUT2D eigenvalue weighted by molar-refractivity contribution is -0.122. The summed E-state index contributed by atoms with van der Waals surface area (Å²) in [5.74, 6) is 2.15. The van der Waals surface area contributed by atoms with E-state index in [4.69, 9.17) is 12.2 Å². The normalized spacial score (nSPS) is 11.8. The highest BCUT2D eigenvalue weighted by atomic mass is 16.2. The molecule has 86 valence electrons. The van der Waals surface area contributed by atoms with E-state index in [1.165, 1.54) is 0 Å². The van der Waals surface area contributed by atoms with Crippen molar-refractivity contribution in [3.05, 3.63) is 18.0 Å². The number of terminal acetylenes is 1. The van der Waals surface area contributed by atoms with Crippen molar-refractivity contribution < 1.29 is 4.79 Å². The minimum absolute atomic E-state index is 0.208. The van der Waals surface area contributed by atoms with E-state index in [2.05, 4.69) is 16.3 Å². The summed E-state index contributed by atoms with van der Waals surface area (Å²) in [6.07, 6.45) is 7.78. The summed E-state index contributed by atoms with van der Waals surface area (Å²) >= 11 is 0. The molecule has 5 nitrogen and oxygen atoms in total. The zero-order valence-electron chi connectivity index (χ0n) is 9.31. The van der Waals surface area contributed by atoms with Crippen molar-refractivity contribution in [2.45, 2.75) is 18.9 Å². The second-order valence-corrected chi connectivity index (χ2v) is 3.50. The van der Waals surface area contributed by atoms with Crippen LogP contribution in [0.2, 0.25) is 0 Å². The number of aromatic nitrogens is 2. The first kappa shape index (κ1) is 12.3. The summed E-state index contributed by atoms with van der Waals surface area (Å²) < 4.78 is 1.77. The number of nitrogens with zero attached hydrogens (tertiary/aromatic N) is 2. The third-order valence-electron chi connectivity index (χ3n) is 2.28. The van der Waals surface area contributed by atoms with Gasteiger partial charge < -0.3 is 11.1 Å². The molecule has 0 aliphatic rings. The van der Waals surface area contributed by atoms with Crippen molar-refractivity contribution in [3.63, 3.8) is 0 Å². The van der Waals surface area contributed by atoms with E-state index in [-0.39, 0.29) is 12.3 Å². The molecule has 1 aromatic rings. The molecule has 0 saturated heterocycles. The summed E-state index contributed by atoms with van der Waals surface area (Å²) in [6, 6.07) is 1.30. The Hall–Kier alpha value is -1.80. The quantitative estimate of drug-likeness (QED) is 0.653. The van der Waals surface area contributed by atoms with Crippen molar-refractivity contribution >= 4 is 5.91 Å². The van der Waals surface area contributed by atoms with E-state index in [1.54, 1.807) is 10.9 Å². The minimum atomic E-state index is -0.614. The highest BCUT2D eigenvalue weighted by molar-refractivity contribution is 5.81. The number of aryl methyl sites for hydroxylation is 1. The molecule has 1 aromatic heterocycles. The number of nitrogens with one attached hydrogen (secondary N) is 1. The second-order valence-electron chi connectivity index (χ2n) is 3.50. The topological polar surface area (TPSA) is 72.9 Å². The predicted octanol–water partition coefficient (Wildman–Crippen LogP) is -0.571. The molecule has 0 radical (unpaired) electrons. The molecule has 5 heteroatoms. The van der Waals surface area contributed by atoms with Crippen LogP contribution in [-0.2, 0) is 18.3 Å². The largest absolute Gasteiger partial charge is 0.354 e. The van der Waals surface area contributed by atoms with E-state index >= 15 is 0 Å². The van der Waals surface area contributed by atoms with Gasteiger partial charge in [0.2, 0.25) is 5.91 Å². The number of nitrogens with two attached hydrogens (primary N) is 1. The Bertz CT molecular complexity index is 391. The van der Waals surface area contributed by atoms with Crippen LogP contribution in [0.4, 0.5) is 0 Å². The number of hydrogen-bond acceptors (Lipinski definition) is 3. The van der Waals surface area contributed by atoms with Crippen LogP contribution in [0.3, 0.4) is 0 Å². The molecule has 0 aliphatic heterocycles. The maximum Gasteiger partial charge on any atom is 0.237 e. The number of carbonyl (C=O) groups excluding carboxylic acids is 1. The smallest absolute Gasteiger partial charge is 0.237 e. The third kappa shape index (κ3) is 3.41. The van der Waals surface area contributed by atoms with Crippen molar-refractivity contribution in [1.29, 1.82) is 0 Å². The molecule has 1 unspecified atom stereocenters. The van der Waals surface area contributed by atoms with Gasteiger partial charge in [0.05, 0.1) is 6.04 Å². The van der Waals surface area contributed by atoms with Gasteiger partial charge in [-0.1, -0.05) is 0 Å². The molecule has 0 aliphatic carbocycles. The lowest BCUT2D eigenvalue weighted by Gasteiger charge is -2.09. The van der Waals surface area contributed by atoms with Crippen molar-refractivity contribution in [1.82, 2.24) is 15.1 Å². The van der Waals surface area contributed by atoms with Crippen molar-refractivity contribution in [2.75, 3.05) is 6.54 Å². The Morgan fingerprint density at radius 3 is 3.12 bits per heavy atom. The fraction of sp³-hybridized carbons (Fsp3) is 0.455. The number of hydrogen-bond donors (Lipinski definition) is 2. The van der Waals surface area contributed by atoms with E-state index in [1.807, 2.05) is 13.1 Å². The molecule has 0 aromatic carbocycles. The lowest BCUT2D eigenvalue weighted by atomic mass is 10.2. The Morgan fingerprint density at radius 1 is 1.81 bits per heavy atom. The summed E-state index contributed by atoms with van der Waals surface area (Å²) in [4.78, 5) is 11.4. The zero-order valence-corrected chi connectivity index (χ0v) is 9.31. The van der Waals surface area contributed by atoms with Crippen LogP contribution in [-0.4, -0.2) is 28.3 Å². The number of amides is 1. The molecule has 1 rings (SSSR count). The van der Waals surface area contributed by atoms with E-state index in [0.717, 1.165) is 12.1 Å². The Labute approximate surface area is 95.0 Å². The third-order valence-corrected chi connectivity index (χ3v) is 2.28. The summed E-state index contributed by atoms with van der Waals surface area (Å²) in [6.45, 7) is 0.538. The Kier molecular flexibility index (Phi) is 4.55. The maximum atomic E-state index is 11.4. The Balaban J connectivity index is 2.29. The first-order chi connectivity index (χ1) is 7.65. The number of rotatable bonds is 5. The van der Waals surface area contributed by atoms with Crippen LogP contribution in [0.15, 0.2) is 12.3 Å². The average Bonchev–Trinajstić information content (AvgIpc) is 2.65. The van der Waals surface area contributed by atoms with Crippen molar-refractivity contribution in [2.24, 2.45) is 12.8 Å². The highest BCUT2D eigenvalue weighted by Crippen LogP contribution is 1.96. The average molecular weight is 220 g/mol. The summed E-state index contributed by atoms with van der Waals surface area (Å²) in [7, 11) is 1.86. The van der Waals surface area contributed by atoms with Crippen LogP contribution in [0.5, 0.6) is 0 Å². The molecule has 1 heterocycles. The zero-order chi connectivity index (χ0) is 12.0. The molecule has 1 atom stereocenters. The molecular formula is C11H16N4O. The fourth-order valence-corrected chi connectivity index (χ4v) is 1.31. The van der Waals surface area contributed by atoms with Gasteiger partial charge in [-0.3, -0.25) is 9.48 Å². The van der Waals surface area contributed by atoms with Gasteiger partial charge in [-0.2, -0.15) is 5.10 Å². The first-order valence-corrected chi connectivity index (χ1v) is 5.08. The van der Waals surface area contributed by atoms with E-state index in [9.17, 15) is 4.79 Å². The predicted molar refractivity (Wildman–Crippen MR) is 61.3 cm³/mol. The Morgan fingerprint density at radius 2 is 2.56 bits per heavy atom. The van der Waals surface area contributed by atoms with Gasteiger partial charge in [-0.05, 0) is 6.07 Å². The maximum absolute atomic E-state index is 11.4. The van der Waals surface area contributed by atoms with Gasteiger partial charge in [0.15, 0.2) is 0 Å². The first-order valence-electron chi connectivity index (χ1n) is 5.08. The van der Waals surface area contributed by atoms with Crippen LogP contribution in [0, 0.1) is 12.3 Å². The molecule has 0 fully saturated rings. The minimum Gasteiger partial charge on any atom is -0.354 e. The van der Waals surface area contributed by atoms with Gasteiger partial charge in [0.25, 0.3) is 0 Å². The lowest BCUT2D eigenvalue weighted by Crippen LogP contribution is -2.41. The number of carbonyl (C=O) groups is 1. The standard InChI is InChI=1S/C11H16N4O/c1-3-4-10(12)11(16)13-7-5-9-6-8-14-15(9)2/h1,6,8,10H,4-5,7,12H2,2H3,(H,13,16). The van der Waals surface area contributed by atoms with Gasteiger partial charge >= 0.3 is 0 Å². The van der Waals surface area contributed by atoms with Gasteiger partial charge in [0.1, 0.15) is 0 Å². The second kappa shape index (κ2) is 5.93. The van der Waals surface area contributed by atoms with Crippen LogP contribution in [0.1, 0.15) is 12.1 Å². The molecule has 0 spiro atoms. The van der Waals surface area contributed by atoms with Gasteiger partial charge in [-0.25, -0.2) is 0 Å². The molecule has 1 amide bonds. The molecule has 0 bridgehead atoms. The molecule has 3 N–H and O–H groups in total. The van der Waals surface area contributed by atoms with E-state index < -0.39 is 6.04 Å². The SMILES string of the molecule is C#CCC(N)C(=O)NCCc1ccnn1C. The van der Waals surface area contributed by atoms with Crippen LogP contribution in [0.25, 0.3) is 0 Å². The molecular weight excluding hydrogens is 204 g/mol. The van der Waals surface area contributed by atoms with Gasteiger partial charge in [0, 0.05) is 38.3 Å². The fourth-order valence-electron chi connectivity index (χ4n) is 1.31. The van der Waals surface area contributed by atoms with E-state index in [0.29, 0.717) is 6.54 Å². The highest BCUT2D eigenvalue weighted by Gasteiger charge is 2.10. The summed E-state index contributed by atoms with van der Waals surface area (Å²) in [5, 5.41) is 6.76. The van der Waals surface area contributed by atoms with Crippen molar-refractivity contribution in [3.8, 4) is 12.3 Å². The molecule has 16 heavy (non-hydrogen) atoms. The molecule has 0 saturated carbocycles. The van der Waals surface area contributed by atoms with Crippen LogP contribution < -0.4 is 11.1 Å². The monoisotopic (exact) mass is 220 g/mol. The van der Waals surface area contributed by atoms with Gasteiger partial charge in [-0.15, -0.1) is 12.3 Å². The summed E-state index contributed by atoms with van der Waals surface area (Å²) in [5.41, 5.74) is 6.61. The van der Waals surface area contributed by atoms with Crippen LogP contribution >= 0.6 is 0 Å².